The Labute approximate surface area is 125 Å². The van der Waals surface area contributed by atoms with Gasteiger partial charge in [0.15, 0.2) is 0 Å². The molecule has 0 radical (unpaired) electrons. The standard InChI is InChI=1S/C15H21ClN4/c1-4-18-14(8-12-6-5-7-17-9-12)15-13(16)10-19-20(15)11(2)3/h5-7,9-11,14,18H,4,8H2,1-3H3. The van der Waals surface area contributed by atoms with Crippen LogP contribution in [0, 0.1) is 0 Å². The van der Waals surface area contributed by atoms with Gasteiger partial charge in [-0.05, 0) is 38.4 Å². The van der Waals surface area contributed by atoms with E-state index in [1.165, 1.54) is 5.56 Å². The maximum absolute atomic E-state index is 6.35. The van der Waals surface area contributed by atoms with Crippen molar-refractivity contribution in [3.63, 3.8) is 0 Å². The molecular weight excluding hydrogens is 272 g/mol. The van der Waals surface area contributed by atoms with E-state index in [9.17, 15) is 0 Å². The van der Waals surface area contributed by atoms with Crippen molar-refractivity contribution in [2.45, 2.75) is 39.3 Å². The Morgan fingerprint density at radius 3 is 2.75 bits per heavy atom. The molecule has 1 atom stereocenters. The van der Waals surface area contributed by atoms with Crippen molar-refractivity contribution in [2.75, 3.05) is 6.54 Å². The lowest BCUT2D eigenvalue weighted by Crippen LogP contribution is -2.26. The van der Waals surface area contributed by atoms with Crippen molar-refractivity contribution >= 4 is 11.6 Å². The van der Waals surface area contributed by atoms with Gasteiger partial charge < -0.3 is 5.32 Å². The van der Waals surface area contributed by atoms with Crippen molar-refractivity contribution in [3.05, 3.63) is 47.0 Å². The second-order valence-corrected chi connectivity index (χ2v) is 5.50. The molecule has 0 fully saturated rings. The summed E-state index contributed by atoms with van der Waals surface area (Å²) in [4.78, 5) is 4.18. The minimum absolute atomic E-state index is 0.140. The summed E-state index contributed by atoms with van der Waals surface area (Å²) in [5.74, 6) is 0. The van der Waals surface area contributed by atoms with Gasteiger partial charge in [0.05, 0.1) is 23.0 Å². The maximum Gasteiger partial charge on any atom is 0.0834 e. The Hall–Kier alpha value is -1.39. The normalized spacial score (nSPS) is 12.8. The zero-order valence-corrected chi connectivity index (χ0v) is 12.9. The minimum Gasteiger partial charge on any atom is -0.309 e. The molecule has 0 saturated heterocycles. The quantitative estimate of drug-likeness (QED) is 0.887. The second-order valence-electron chi connectivity index (χ2n) is 5.09. The fraction of sp³-hybridized carbons (Fsp3) is 0.467. The van der Waals surface area contributed by atoms with E-state index >= 15 is 0 Å². The van der Waals surface area contributed by atoms with Gasteiger partial charge in [-0.15, -0.1) is 0 Å². The lowest BCUT2D eigenvalue weighted by molar-refractivity contribution is 0.448. The molecule has 1 unspecified atom stereocenters. The van der Waals surface area contributed by atoms with E-state index in [4.69, 9.17) is 11.6 Å². The SMILES string of the molecule is CCNC(Cc1cccnc1)c1c(Cl)cnn1C(C)C. The maximum atomic E-state index is 6.35. The summed E-state index contributed by atoms with van der Waals surface area (Å²) in [6, 6.07) is 4.47. The van der Waals surface area contributed by atoms with Gasteiger partial charge in [-0.2, -0.15) is 5.10 Å². The van der Waals surface area contributed by atoms with Crippen LogP contribution < -0.4 is 5.32 Å². The van der Waals surface area contributed by atoms with Crippen molar-refractivity contribution in [2.24, 2.45) is 0 Å². The zero-order chi connectivity index (χ0) is 14.5. The number of nitrogens with one attached hydrogen (secondary N) is 1. The largest absolute Gasteiger partial charge is 0.309 e. The van der Waals surface area contributed by atoms with E-state index in [1.807, 2.05) is 16.9 Å². The Kier molecular flexibility index (Phi) is 5.15. The number of pyridine rings is 1. The van der Waals surface area contributed by atoms with Gasteiger partial charge in [-0.3, -0.25) is 9.67 Å². The van der Waals surface area contributed by atoms with E-state index < -0.39 is 0 Å². The fourth-order valence-corrected chi connectivity index (χ4v) is 2.62. The molecule has 0 aromatic carbocycles. The molecule has 108 valence electrons. The molecule has 0 aliphatic heterocycles. The Morgan fingerprint density at radius 1 is 1.35 bits per heavy atom. The summed E-state index contributed by atoms with van der Waals surface area (Å²) >= 11 is 6.35. The Balaban J connectivity index is 2.31. The zero-order valence-electron chi connectivity index (χ0n) is 12.2. The summed E-state index contributed by atoms with van der Waals surface area (Å²) in [6.07, 6.45) is 6.26. The lowest BCUT2D eigenvalue weighted by Gasteiger charge is -2.21. The first-order valence-corrected chi connectivity index (χ1v) is 7.36. The third kappa shape index (κ3) is 3.38. The van der Waals surface area contributed by atoms with Crippen LogP contribution in [0.3, 0.4) is 0 Å². The highest BCUT2D eigenvalue weighted by Gasteiger charge is 2.21. The number of rotatable bonds is 6. The predicted octanol–water partition coefficient (Wildman–Crippen LogP) is 3.41. The van der Waals surface area contributed by atoms with E-state index in [0.717, 1.165) is 18.7 Å². The minimum atomic E-state index is 0.140. The van der Waals surface area contributed by atoms with Crippen LogP contribution >= 0.6 is 11.6 Å². The molecule has 0 amide bonds. The van der Waals surface area contributed by atoms with Gasteiger partial charge in [0, 0.05) is 18.4 Å². The third-order valence-corrected chi connectivity index (χ3v) is 3.51. The fourth-order valence-electron chi connectivity index (χ4n) is 2.35. The number of halogens is 1. The molecule has 5 heteroatoms. The van der Waals surface area contributed by atoms with Crippen LogP contribution in [0.5, 0.6) is 0 Å². The smallest absolute Gasteiger partial charge is 0.0834 e. The van der Waals surface area contributed by atoms with E-state index in [1.54, 1.807) is 12.4 Å². The average Bonchev–Trinajstić information content (AvgIpc) is 2.81. The van der Waals surface area contributed by atoms with Crippen molar-refractivity contribution in [3.8, 4) is 0 Å². The van der Waals surface area contributed by atoms with Gasteiger partial charge in [0.2, 0.25) is 0 Å². The molecule has 20 heavy (non-hydrogen) atoms. The van der Waals surface area contributed by atoms with Gasteiger partial charge in [-0.1, -0.05) is 24.6 Å². The van der Waals surface area contributed by atoms with E-state index in [-0.39, 0.29) is 12.1 Å². The molecular formula is C15H21ClN4. The second kappa shape index (κ2) is 6.86. The highest BCUT2D eigenvalue weighted by atomic mass is 35.5. The predicted molar refractivity (Wildman–Crippen MR) is 82.0 cm³/mol. The Morgan fingerprint density at radius 2 is 2.15 bits per heavy atom. The summed E-state index contributed by atoms with van der Waals surface area (Å²) in [6.45, 7) is 7.20. The van der Waals surface area contributed by atoms with Crippen LogP contribution in [0.1, 0.15) is 44.1 Å². The number of likely N-dealkylation sites (N-methyl/N-ethyl adjacent to an activating group) is 1. The average molecular weight is 293 g/mol. The molecule has 2 rings (SSSR count). The first kappa shape index (κ1) is 15.0. The van der Waals surface area contributed by atoms with Crippen LogP contribution in [0.25, 0.3) is 0 Å². The summed E-state index contributed by atoms with van der Waals surface area (Å²) in [5, 5.41) is 8.60. The molecule has 2 heterocycles. The van der Waals surface area contributed by atoms with Crippen LogP contribution in [0.2, 0.25) is 5.02 Å². The number of hydrogen-bond donors (Lipinski definition) is 1. The third-order valence-electron chi connectivity index (χ3n) is 3.22. The monoisotopic (exact) mass is 292 g/mol. The van der Waals surface area contributed by atoms with Crippen molar-refractivity contribution in [1.29, 1.82) is 0 Å². The molecule has 1 N–H and O–H groups in total. The number of hydrogen-bond acceptors (Lipinski definition) is 3. The molecule has 0 aliphatic carbocycles. The summed E-state index contributed by atoms with van der Waals surface area (Å²) in [7, 11) is 0. The number of nitrogens with zero attached hydrogens (tertiary/aromatic N) is 3. The van der Waals surface area contributed by atoms with E-state index in [0.29, 0.717) is 5.02 Å². The van der Waals surface area contributed by atoms with Crippen molar-refractivity contribution < 1.29 is 0 Å². The lowest BCUT2D eigenvalue weighted by atomic mass is 10.0. The molecule has 0 saturated carbocycles. The van der Waals surface area contributed by atoms with Gasteiger partial charge in [-0.25, -0.2) is 0 Å². The topological polar surface area (TPSA) is 42.7 Å². The Bertz CT molecular complexity index is 536. The van der Waals surface area contributed by atoms with Gasteiger partial charge in [0.1, 0.15) is 0 Å². The van der Waals surface area contributed by atoms with Crippen LogP contribution in [0.15, 0.2) is 30.7 Å². The van der Waals surface area contributed by atoms with Crippen LogP contribution in [-0.2, 0) is 6.42 Å². The highest BCUT2D eigenvalue weighted by Crippen LogP contribution is 2.27. The summed E-state index contributed by atoms with van der Waals surface area (Å²) in [5.41, 5.74) is 2.23. The van der Waals surface area contributed by atoms with Crippen LogP contribution in [0.4, 0.5) is 0 Å². The van der Waals surface area contributed by atoms with Crippen LogP contribution in [-0.4, -0.2) is 21.3 Å². The molecule has 0 aliphatic rings. The first-order valence-electron chi connectivity index (χ1n) is 6.98. The van der Waals surface area contributed by atoms with Gasteiger partial charge in [0.25, 0.3) is 0 Å². The highest BCUT2D eigenvalue weighted by molar-refractivity contribution is 6.31. The summed E-state index contributed by atoms with van der Waals surface area (Å²) < 4.78 is 1.99. The molecule has 2 aromatic rings. The molecule has 2 aromatic heterocycles. The van der Waals surface area contributed by atoms with Crippen molar-refractivity contribution in [1.82, 2.24) is 20.1 Å². The number of aromatic nitrogens is 3. The molecule has 4 nitrogen and oxygen atoms in total. The van der Waals surface area contributed by atoms with Gasteiger partial charge >= 0.3 is 0 Å². The molecule has 0 spiro atoms. The van der Waals surface area contributed by atoms with E-state index in [2.05, 4.69) is 42.2 Å². The molecule has 0 bridgehead atoms. The first-order chi connectivity index (χ1) is 9.63.